The number of alkyl halides is 3. The molecule has 3 nitrogen and oxygen atoms in total. The number of rotatable bonds is 0. The first-order valence-corrected chi connectivity index (χ1v) is 4.28. The number of imidazole rings is 1. The molecule has 0 aliphatic carbocycles. The normalized spacial score (nSPS) is 22.1. The fourth-order valence-electron chi connectivity index (χ4n) is 1.64. The zero-order valence-electron chi connectivity index (χ0n) is 7.25. The van der Waals surface area contributed by atoms with Crippen molar-refractivity contribution >= 4 is 0 Å². The van der Waals surface area contributed by atoms with E-state index in [1.165, 1.54) is 0 Å². The fourth-order valence-corrected chi connectivity index (χ4v) is 1.64. The predicted octanol–water partition coefficient (Wildman–Crippen LogP) is 1.21. The van der Waals surface area contributed by atoms with Crippen molar-refractivity contribution in [3.8, 4) is 0 Å². The molecule has 1 unspecified atom stereocenters. The second-order valence-corrected chi connectivity index (χ2v) is 3.36. The maximum atomic E-state index is 12.4. The molecule has 78 valence electrons. The van der Waals surface area contributed by atoms with Crippen LogP contribution in [-0.4, -0.2) is 20.8 Å². The lowest BCUT2D eigenvalue weighted by Crippen LogP contribution is -2.26. The Morgan fingerprint density at radius 1 is 1.50 bits per heavy atom. The van der Waals surface area contributed by atoms with Gasteiger partial charge in [-0.15, -0.1) is 0 Å². The SMILES string of the molecule is OC1CCn2c(C(F)(F)F)cnc2C1. The van der Waals surface area contributed by atoms with E-state index in [1.54, 1.807) is 0 Å². The molecule has 14 heavy (non-hydrogen) atoms. The molecule has 0 spiro atoms. The van der Waals surface area contributed by atoms with E-state index in [-0.39, 0.29) is 13.0 Å². The molecule has 2 heterocycles. The van der Waals surface area contributed by atoms with Crippen molar-refractivity contribution in [1.29, 1.82) is 0 Å². The van der Waals surface area contributed by atoms with E-state index in [0.717, 1.165) is 10.8 Å². The van der Waals surface area contributed by atoms with Crippen LogP contribution in [0.1, 0.15) is 17.9 Å². The molecule has 1 atom stereocenters. The summed E-state index contributed by atoms with van der Waals surface area (Å²) in [5.74, 6) is 0.316. The average Bonchev–Trinajstić information content (AvgIpc) is 2.45. The standard InChI is InChI=1S/C8H9F3N2O/c9-8(10,11)6-4-12-7-3-5(14)1-2-13(6)7/h4-5,14H,1-3H2. The van der Waals surface area contributed by atoms with Crippen LogP contribution in [0.4, 0.5) is 13.2 Å². The summed E-state index contributed by atoms with van der Waals surface area (Å²) in [6.07, 6.45) is -3.53. The van der Waals surface area contributed by atoms with E-state index in [1.807, 2.05) is 0 Å². The second kappa shape index (κ2) is 2.98. The quantitative estimate of drug-likeness (QED) is 0.692. The van der Waals surface area contributed by atoms with Crippen LogP contribution in [-0.2, 0) is 19.1 Å². The predicted molar refractivity (Wildman–Crippen MR) is 41.6 cm³/mol. The van der Waals surface area contributed by atoms with Gasteiger partial charge in [-0.05, 0) is 6.42 Å². The summed E-state index contributed by atoms with van der Waals surface area (Å²) in [6.45, 7) is 0.186. The molecule has 0 bridgehead atoms. The minimum Gasteiger partial charge on any atom is -0.393 e. The summed E-state index contributed by atoms with van der Waals surface area (Å²) in [5, 5.41) is 9.23. The molecule has 0 radical (unpaired) electrons. The van der Waals surface area contributed by atoms with Crippen LogP contribution in [0, 0.1) is 0 Å². The number of hydrogen-bond donors (Lipinski definition) is 1. The third kappa shape index (κ3) is 1.50. The van der Waals surface area contributed by atoms with Gasteiger partial charge in [0.25, 0.3) is 0 Å². The van der Waals surface area contributed by atoms with Crippen LogP contribution >= 0.6 is 0 Å². The van der Waals surface area contributed by atoms with Gasteiger partial charge in [0, 0.05) is 13.0 Å². The van der Waals surface area contributed by atoms with Crippen molar-refractivity contribution in [1.82, 2.24) is 9.55 Å². The van der Waals surface area contributed by atoms with Gasteiger partial charge < -0.3 is 9.67 Å². The van der Waals surface area contributed by atoms with Crippen molar-refractivity contribution in [2.24, 2.45) is 0 Å². The Morgan fingerprint density at radius 3 is 2.86 bits per heavy atom. The highest BCUT2D eigenvalue weighted by Crippen LogP contribution is 2.31. The molecule has 0 saturated carbocycles. The third-order valence-electron chi connectivity index (χ3n) is 2.33. The van der Waals surface area contributed by atoms with Crippen LogP contribution in [0.3, 0.4) is 0 Å². The summed E-state index contributed by atoms with van der Waals surface area (Å²) in [7, 11) is 0. The van der Waals surface area contributed by atoms with E-state index in [9.17, 15) is 18.3 Å². The molecule has 6 heteroatoms. The maximum absolute atomic E-state index is 12.4. The lowest BCUT2D eigenvalue weighted by atomic mass is 10.1. The Kier molecular flexibility index (Phi) is 2.02. The van der Waals surface area contributed by atoms with Gasteiger partial charge in [0.15, 0.2) is 0 Å². The number of aliphatic hydroxyl groups is 1. The highest BCUT2D eigenvalue weighted by Gasteiger charge is 2.37. The van der Waals surface area contributed by atoms with Gasteiger partial charge in [0.05, 0.1) is 12.3 Å². The van der Waals surface area contributed by atoms with Crippen molar-refractivity contribution < 1.29 is 18.3 Å². The molecule has 0 saturated heterocycles. The smallest absolute Gasteiger partial charge is 0.393 e. The second-order valence-electron chi connectivity index (χ2n) is 3.36. The molecule has 1 aliphatic rings. The van der Waals surface area contributed by atoms with E-state index in [2.05, 4.69) is 4.98 Å². The molecule has 0 aromatic carbocycles. The van der Waals surface area contributed by atoms with Crippen molar-refractivity contribution in [3.05, 3.63) is 17.7 Å². The molecule has 0 amide bonds. The summed E-state index contributed by atoms with van der Waals surface area (Å²) in [5.41, 5.74) is -0.723. The summed E-state index contributed by atoms with van der Waals surface area (Å²) in [6, 6.07) is 0. The molecule has 1 N–H and O–H groups in total. The lowest BCUT2D eigenvalue weighted by molar-refractivity contribution is -0.144. The number of nitrogens with zero attached hydrogens (tertiary/aromatic N) is 2. The first-order chi connectivity index (χ1) is 6.48. The van der Waals surface area contributed by atoms with E-state index in [0.29, 0.717) is 12.2 Å². The van der Waals surface area contributed by atoms with Crippen LogP contribution in [0.2, 0.25) is 0 Å². The fraction of sp³-hybridized carbons (Fsp3) is 0.625. The van der Waals surface area contributed by atoms with E-state index < -0.39 is 18.0 Å². The summed E-state index contributed by atoms with van der Waals surface area (Å²) in [4.78, 5) is 3.66. The van der Waals surface area contributed by atoms with Crippen molar-refractivity contribution in [2.75, 3.05) is 0 Å². The van der Waals surface area contributed by atoms with Gasteiger partial charge in [-0.2, -0.15) is 13.2 Å². The molecular formula is C8H9F3N2O. The number of halogens is 3. The van der Waals surface area contributed by atoms with Gasteiger partial charge in [0.1, 0.15) is 11.5 Å². The number of aliphatic hydroxyl groups excluding tert-OH is 1. The van der Waals surface area contributed by atoms with Gasteiger partial charge in [-0.25, -0.2) is 4.98 Å². The van der Waals surface area contributed by atoms with Crippen molar-refractivity contribution in [2.45, 2.75) is 31.7 Å². The topological polar surface area (TPSA) is 38.0 Å². The Balaban J connectivity index is 2.38. The average molecular weight is 206 g/mol. The minimum atomic E-state index is -4.35. The zero-order valence-corrected chi connectivity index (χ0v) is 7.25. The van der Waals surface area contributed by atoms with Gasteiger partial charge >= 0.3 is 6.18 Å². The Bertz CT molecular complexity index is 345. The Hall–Kier alpha value is -1.04. The number of hydrogen-bond acceptors (Lipinski definition) is 2. The summed E-state index contributed by atoms with van der Waals surface area (Å²) >= 11 is 0. The van der Waals surface area contributed by atoms with Crippen LogP contribution < -0.4 is 0 Å². The molecule has 1 aromatic rings. The molecule has 1 aliphatic heterocycles. The molecule has 1 aromatic heterocycles. The molecule has 2 rings (SSSR count). The minimum absolute atomic E-state index is 0.186. The van der Waals surface area contributed by atoms with E-state index >= 15 is 0 Å². The van der Waals surface area contributed by atoms with Gasteiger partial charge in [0.2, 0.25) is 0 Å². The largest absolute Gasteiger partial charge is 0.433 e. The Morgan fingerprint density at radius 2 is 2.21 bits per heavy atom. The zero-order chi connectivity index (χ0) is 10.3. The van der Waals surface area contributed by atoms with Gasteiger partial charge in [-0.1, -0.05) is 0 Å². The molecule has 0 fully saturated rings. The molecular weight excluding hydrogens is 197 g/mol. The Labute approximate surface area is 78.2 Å². The van der Waals surface area contributed by atoms with Gasteiger partial charge in [-0.3, -0.25) is 0 Å². The first-order valence-electron chi connectivity index (χ1n) is 4.28. The van der Waals surface area contributed by atoms with E-state index in [4.69, 9.17) is 0 Å². The van der Waals surface area contributed by atoms with Crippen LogP contribution in [0.5, 0.6) is 0 Å². The lowest BCUT2D eigenvalue weighted by Gasteiger charge is -2.21. The summed E-state index contributed by atoms with van der Waals surface area (Å²) < 4.78 is 38.3. The number of fused-ring (bicyclic) bond motifs is 1. The third-order valence-corrected chi connectivity index (χ3v) is 2.33. The van der Waals surface area contributed by atoms with Crippen molar-refractivity contribution in [3.63, 3.8) is 0 Å². The first kappa shape index (κ1) is 9.51. The highest BCUT2D eigenvalue weighted by atomic mass is 19.4. The van der Waals surface area contributed by atoms with Crippen LogP contribution in [0.15, 0.2) is 6.20 Å². The van der Waals surface area contributed by atoms with Crippen LogP contribution in [0.25, 0.3) is 0 Å². The number of aromatic nitrogens is 2. The highest BCUT2D eigenvalue weighted by molar-refractivity contribution is 5.11. The maximum Gasteiger partial charge on any atom is 0.433 e. The monoisotopic (exact) mass is 206 g/mol.